The van der Waals surface area contributed by atoms with E-state index < -0.39 is 0 Å². The zero-order valence-corrected chi connectivity index (χ0v) is 23.0. The lowest BCUT2D eigenvalue weighted by Crippen LogP contribution is -2.48. The summed E-state index contributed by atoms with van der Waals surface area (Å²) in [6.45, 7) is 18.4. The number of hydrogen-bond acceptors (Lipinski definition) is 5. The highest BCUT2D eigenvalue weighted by Crippen LogP contribution is 2.29. The van der Waals surface area contributed by atoms with Gasteiger partial charge in [-0.05, 0) is 83.7 Å². The van der Waals surface area contributed by atoms with Gasteiger partial charge in [0.15, 0.2) is 0 Å². The first-order valence-electron chi connectivity index (χ1n) is 13.2. The molecule has 2 aromatic rings. The Morgan fingerprint density at radius 3 is 2.14 bits per heavy atom. The van der Waals surface area contributed by atoms with Gasteiger partial charge in [-0.2, -0.15) is 0 Å². The first-order valence-corrected chi connectivity index (χ1v) is 13.2. The summed E-state index contributed by atoms with van der Waals surface area (Å²) in [6, 6.07) is 16.0. The van der Waals surface area contributed by atoms with Crippen LogP contribution in [0.5, 0.6) is 11.5 Å². The minimum Gasteiger partial charge on any atom is -0.492 e. The van der Waals surface area contributed by atoms with Gasteiger partial charge < -0.3 is 14.2 Å². The smallest absolute Gasteiger partial charge is 0.122 e. The molecule has 0 unspecified atom stereocenters. The fourth-order valence-electron chi connectivity index (χ4n) is 5.03. The van der Waals surface area contributed by atoms with Gasteiger partial charge in [0.05, 0.1) is 0 Å². The van der Waals surface area contributed by atoms with E-state index in [1.165, 1.54) is 16.7 Å². The number of rotatable bonds is 12. The molecule has 1 aliphatic heterocycles. The van der Waals surface area contributed by atoms with E-state index in [-0.39, 0.29) is 5.60 Å². The van der Waals surface area contributed by atoms with Crippen LogP contribution < -0.4 is 9.47 Å². The average molecular weight is 483 g/mol. The Bertz CT molecular complexity index is 894. The quantitative estimate of drug-likeness (QED) is 0.378. The molecule has 5 nitrogen and oxygen atoms in total. The summed E-state index contributed by atoms with van der Waals surface area (Å²) < 4.78 is 18.2. The average Bonchev–Trinajstić information content (AvgIpc) is 2.83. The molecule has 5 heteroatoms. The van der Waals surface area contributed by atoms with E-state index in [1.807, 2.05) is 7.11 Å². The second-order valence-corrected chi connectivity index (χ2v) is 10.6. The number of piperidine rings is 1. The third kappa shape index (κ3) is 7.96. The topological polar surface area (TPSA) is 34.2 Å². The van der Waals surface area contributed by atoms with Gasteiger partial charge in [0.25, 0.3) is 0 Å². The molecule has 0 radical (unpaired) electrons. The van der Waals surface area contributed by atoms with Crippen LogP contribution >= 0.6 is 0 Å². The molecule has 0 spiro atoms. The predicted molar refractivity (Wildman–Crippen MR) is 145 cm³/mol. The second kappa shape index (κ2) is 12.8. The van der Waals surface area contributed by atoms with E-state index in [4.69, 9.17) is 14.2 Å². The van der Waals surface area contributed by atoms with Gasteiger partial charge >= 0.3 is 0 Å². The van der Waals surface area contributed by atoms with Crippen LogP contribution in [0.4, 0.5) is 0 Å². The van der Waals surface area contributed by atoms with Crippen LogP contribution in [-0.2, 0) is 11.3 Å². The van der Waals surface area contributed by atoms with Crippen molar-refractivity contribution in [2.75, 3.05) is 40.0 Å². The second-order valence-electron chi connectivity index (χ2n) is 10.6. The number of likely N-dealkylation sites (tertiary alicyclic amines) is 1. The van der Waals surface area contributed by atoms with Crippen molar-refractivity contribution in [1.29, 1.82) is 0 Å². The lowest BCUT2D eigenvalue weighted by atomic mass is 9.91. The molecule has 0 amide bonds. The third-order valence-corrected chi connectivity index (χ3v) is 7.30. The summed E-state index contributed by atoms with van der Waals surface area (Å²) in [4.78, 5) is 4.96. The van der Waals surface area contributed by atoms with Crippen molar-refractivity contribution in [1.82, 2.24) is 9.80 Å². The summed E-state index contributed by atoms with van der Waals surface area (Å²) in [6.07, 6.45) is 1.94. The highest BCUT2D eigenvalue weighted by Gasteiger charge is 2.35. The summed E-state index contributed by atoms with van der Waals surface area (Å²) >= 11 is 0. The Hall–Kier alpha value is -2.08. The minimum absolute atomic E-state index is 0.217. The first-order chi connectivity index (χ1) is 16.7. The molecule has 3 rings (SSSR count). The van der Waals surface area contributed by atoms with Crippen LogP contribution in [0, 0.1) is 13.8 Å². The maximum atomic E-state index is 6.20. The van der Waals surface area contributed by atoms with Crippen molar-refractivity contribution < 1.29 is 14.2 Å². The van der Waals surface area contributed by atoms with Gasteiger partial charge in [-0.1, -0.05) is 29.8 Å². The van der Waals surface area contributed by atoms with Crippen molar-refractivity contribution in [3.63, 3.8) is 0 Å². The minimum atomic E-state index is -0.217. The third-order valence-electron chi connectivity index (χ3n) is 7.30. The number of benzene rings is 2. The molecule has 35 heavy (non-hydrogen) atoms. The highest BCUT2D eigenvalue weighted by atomic mass is 16.5. The molecule has 1 aliphatic rings. The molecule has 1 heterocycles. The van der Waals surface area contributed by atoms with Gasteiger partial charge in [0.1, 0.15) is 30.3 Å². The predicted octanol–water partition coefficient (Wildman–Crippen LogP) is 5.86. The zero-order valence-electron chi connectivity index (χ0n) is 23.0. The monoisotopic (exact) mass is 482 g/mol. The first kappa shape index (κ1) is 27.5. The van der Waals surface area contributed by atoms with Crippen molar-refractivity contribution in [2.45, 2.75) is 78.6 Å². The standard InChI is InChI=1S/C30H46N2O3/c1-23(2)32(24(3)4)18-19-34-28-11-9-27(10-12-28)21-31-16-14-30(33-7,15-17-31)22-35-29-13-8-25(5)20-26(29)6/h8-13,20,23-24H,14-19,21-22H2,1-7H3. The highest BCUT2D eigenvalue weighted by molar-refractivity contribution is 5.35. The Labute approximate surface area is 213 Å². The van der Waals surface area contributed by atoms with E-state index in [1.54, 1.807) is 0 Å². The SMILES string of the molecule is COC1(COc2ccc(C)cc2C)CCN(Cc2ccc(OCCN(C(C)C)C(C)C)cc2)CC1. The molecule has 0 N–H and O–H groups in total. The molecule has 0 aromatic heterocycles. The molecule has 0 aliphatic carbocycles. The molecule has 0 bridgehead atoms. The molecular formula is C30H46N2O3. The molecule has 194 valence electrons. The van der Waals surface area contributed by atoms with Gasteiger partial charge in [-0.25, -0.2) is 0 Å². The Morgan fingerprint density at radius 1 is 0.914 bits per heavy atom. The van der Waals surface area contributed by atoms with E-state index in [9.17, 15) is 0 Å². The summed E-state index contributed by atoms with van der Waals surface area (Å²) in [5, 5.41) is 0. The molecule has 2 aromatic carbocycles. The largest absolute Gasteiger partial charge is 0.492 e. The Balaban J connectivity index is 1.44. The van der Waals surface area contributed by atoms with Crippen molar-refractivity contribution >= 4 is 0 Å². The normalized spacial score (nSPS) is 16.3. The van der Waals surface area contributed by atoms with Crippen molar-refractivity contribution in [2.24, 2.45) is 0 Å². The van der Waals surface area contributed by atoms with Gasteiger partial charge in [-0.15, -0.1) is 0 Å². The lowest BCUT2D eigenvalue weighted by Gasteiger charge is -2.40. The van der Waals surface area contributed by atoms with Crippen LogP contribution in [0.1, 0.15) is 57.2 Å². The number of aryl methyl sites for hydroxylation is 2. The molecule has 1 saturated heterocycles. The number of ether oxygens (including phenoxy) is 3. The molecule has 0 saturated carbocycles. The number of methoxy groups -OCH3 is 1. The Morgan fingerprint density at radius 2 is 1.57 bits per heavy atom. The molecule has 1 fully saturated rings. The maximum absolute atomic E-state index is 6.20. The molecular weight excluding hydrogens is 436 g/mol. The van der Waals surface area contributed by atoms with Gasteiger partial charge in [0.2, 0.25) is 0 Å². The van der Waals surface area contributed by atoms with Crippen molar-refractivity contribution in [3.05, 3.63) is 59.2 Å². The summed E-state index contributed by atoms with van der Waals surface area (Å²) in [5.74, 6) is 1.90. The fourth-order valence-corrected chi connectivity index (χ4v) is 5.03. The van der Waals surface area contributed by atoms with Gasteiger partial charge in [-0.3, -0.25) is 9.80 Å². The summed E-state index contributed by atoms with van der Waals surface area (Å²) in [7, 11) is 1.82. The van der Waals surface area contributed by atoms with Crippen LogP contribution in [0.2, 0.25) is 0 Å². The van der Waals surface area contributed by atoms with Crippen LogP contribution in [0.25, 0.3) is 0 Å². The molecule has 0 atom stereocenters. The van der Waals surface area contributed by atoms with E-state index >= 15 is 0 Å². The fraction of sp³-hybridized carbons (Fsp3) is 0.600. The number of hydrogen-bond donors (Lipinski definition) is 0. The van der Waals surface area contributed by atoms with Crippen LogP contribution in [0.15, 0.2) is 42.5 Å². The van der Waals surface area contributed by atoms with E-state index in [2.05, 4.69) is 93.8 Å². The van der Waals surface area contributed by atoms with Crippen LogP contribution in [0.3, 0.4) is 0 Å². The van der Waals surface area contributed by atoms with E-state index in [0.717, 1.165) is 50.5 Å². The Kier molecular flexibility index (Phi) is 10.0. The van der Waals surface area contributed by atoms with E-state index in [0.29, 0.717) is 25.3 Å². The zero-order chi connectivity index (χ0) is 25.4. The summed E-state index contributed by atoms with van der Waals surface area (Å²) in [5.41, 5.74) is 3.54. The van der Waals surface area contributed by atoms with Crippen molar-refractivity contribution in [3.8, 4) is 11.5 Å². The lowest BCUT2D eigenvalue weighted by molar-refractivity contribution is -0.0840. The maximum Gasteiger partial charge on any atom is 0.122 e. The van der Waals surface area contributed by atoms with Crippen LogP contribution in [-0.4, -0.2) is 67.4 Å². The number of nitrogens with zero attached hydrogens (tertiary/aromatic N) is 2. The van der Waals surface area contributed by atoms with Gasteiger partial charge in [0, 0.05) is 45.4 Å².